The van der Waals surface area contributed by atoms with Gasteiger partial charge in [0.05, 0.1) is 18.1 Å². The van der Waals surface area contributed by atoms with Crippen molar-refractivity contribution in [3.8, 4) is 0 Å². The summed E-state index contributed by atoms with van der Waals surface area (Å²) in [6.45, 7) is 7.91. The zero-order valence-electron chi connectivity index (χ0n) is 25.4. The Morgan fingerprint density at radius 2 is 1.81 bits per heavy atom. The van der Waals surface area contributed by atoms with Gasteiger partial charge in [-0.3, -0.25) is 4.79 Å². The second kappa shape index (κ2) is 13.7. The molecule has 1 saturated carbocycles. The summed E-state index contributed by atoms with van der Waals surface area (Å²) in [7, 11) is 2.11. The van der Waals surface area contributed by atoms with Gasteiger partial charge >= 0.3 is 5.97 Å². The van der Waals surface area contributed by atoms with Gasteiger partial charge < -0.3 is 15.1 Å². The molecule has 4 nitrogen and oxygen atoms in total. The van der Waals surface area contributed by atoms with Crippen molar-refractivity contribution in [1.82, 2.24) is 0 Å². The Morgan fingerprint density at radius 3 is 2.48 bits per heavy atom. The summed E-state index contributed by atoms with van der Waals surface area (Å²) >= 11 is 8.29. The lowest BCUT2D eigenvalue weighted by Gasteiger charge is -2.30. The second-order valence-corrected chi connectivity index (χ2v) is 13.9. The van der Waals surface area contributed by atoms with Crippen LogP contribution in [0.4, 0.5) is 5.69 Å². The van der Waals surface area contributed by atoms with Gasteiger partial charge in [0.2, 0.25) is 0 Å². The number of nitrogens with zero attached hydrogens (tertiary/aromatic N) is 1. The highest BCUT2D eigenvalue weighted by atomic mass is 35.5. The minimum Gasteiger partial charge on any atom is -0.481 e. The predicted octanol–water partition coefficient (Wildman–Crippen LogP) is 9.46. The number of aliphatic hydroxyl groups is 1. The van der Waals surface area contributed by atoms with E-state index in [2.05, 4.69) is 61.3 Å². The third kappa shape index (κ3) is 8.21. The fourth-order valence-corrected chi connectivity index (χ4v) is 7.44. The van der Waals surface area contributed by atoms with Crippen molar-refractivity contribution in [3.05, 3.63) is 106 Å². The van der Waals surface area contributed by atoms with Gasteiger partial charge in [-0.2, -0.15) is 11.8 Å². The molecule has 1 unspecified atom stereocenters. The van der Waals surface area contributed by atoms with Crippen molar-refractivity contribution in [2.75, 3.05) is 17.7 Å². The molecule has 0 radical (unpaired) electrons. The molecule has 42 heavy (non-hydrogen) atoms. The van der Waals surface area contributed by atoms with E-state index in [0.717, 1.165) is 53.8 Å². The number of anilines is 1. The molecular formula is C36H44ClNO3S. The summed E-state index contributed by atoms with van der Waals surface area (Å²) < 4.78 is 0. The van der Waals surface area contributed by atoms with Crippen molar-refractivity contribution in [2.45, 2.75) is 76.7 Å². The van der Waals surface area contributed by atoms with E-state index in [1.54, 1.807) is 0 Å². The molecule has 4 rings (SSSR count). The molecule has 0 aliphatic heterocycles. The first-order chi connectivity index (χ1) is 19.9. The van der Waals surface area contributed by atoms with E-state index in [1.807, 2.05) is 68.9 Å². The first kappa shape index (κ1) is 32.2. The largest absolute Gasteiger partial charge is 0.481 e. The lowest BCUT2D eigenvalue weighted by Crippen LogP contribution is -2.22. The number of hydrogen-bond acceptors (Lipinski definition) is 4. The highest BCUT2D eigenvalue weighted by Crippen LogP contribution is 2.53. The standard InChI is InChI=1S/C36H44ClNO3S/c1-6-10-27-15-17-30(37)22-32(27)38(5)25(2)28-12-9-13-29(21-28)33(42-24-36(19-20-36)23-34(39)40)18-16-26-11-7-8-14-31(26)35(3,4)41/h6-15,17,21-22,25,33,41H,16,18-20,23-24H2,1-5H3,(H,39,40)/b10-6-/t25?,33-/m1/s1. The van der Waals surface area contributed by atoms with E-state index in [-0.39, 0.29) is 23.1 Å². The van der Waals surface area contributed by atoms with Gasteiger partial charge in [-0.15, -0.1) is 0 Å². The second-order valence-electron chi connectivity index (χ2n) is 12.3. The zero-order chi connectivity index (χ0) is 30.5. The average molecular weight is 606 g/mol. The fourth-order valence-electron chi connectivity index (χ4n) is 5.71. The molecule has 1 aliphatic carbocycles. The Hall–Kier alpha value is -2.73. The van der Waals surface area contributed by atoms with Crippen molar-refractivity contribution >= 4 is 41.1 Å². The molecular weight excluding hydrogens is 562 g/mol. The van der Waals surface area contributed by atoms with Crippen LogP contribution in [0.1, 0.15) is 92.5 Å². The molecule has 0 amide bonds. The van der Waals surface area contributed by atoms with Gasteiger partial charge in [0.1, 0.15) is 0 Å². The van der Waals surface area contributed by atoms with Gasteiger partial charge in [0.15, 0.2) is 0 Å². The molecule has 2 atom stereocenters. The minimum absolute atomic E-state index is 0.0827. The van der Waals surface area contributed by atoms with Gasteiger partial charge in [0.25, 0.3) is 0 Å². The van der Waals surface area contributed by atoms with E-state index in [0.29, 0.717) is 5.02 Å². The van der Waals surface area contributed by atoms with Crippen molar-refractivity contribution in [2.24, 2.45) is 5.41 Å². The van der Waals surface area contributed by atoms with Crippen LogP contribution in [0.2, 0.25) is 5.02 Å². The van der Waals surface area contributed by atoms with Crippen LogP contribution in [0.15, 0.2) is 72.8 Å². The smallest absolute Gasteiger partial charge is 0.303 e. The third-order valence-electron chi connectivity index (χ3n) is 8.49. The first-order valence-corrected chi connectivity index (χ1v) is 16.2. The van der Waals surface area contributed by atoms with E-state index in [4.69, 9.17) is 11.6 Å². The molecule has 2 N–H and O–H groups in total. The van der Waals surface area contributed by atoms with Gasteiger partial charge in [0, 0.05) is 28.8 Å². The monoisotopic (exact) mass is 605 g/mol. The molecule has 0 bridgehead atoms. The predicted molar refractivity (Wildman–Crippen MR) is 179 cm³/mol. The van der Waals surface area contributed by atoms with Crippen LogP contribution in [0.3, 0.4) is 0 Å². The van der Waals surface area contributed by atoms with Crippen LogP contribution >= 0.6 is 23.4 Å². The first-order valence-electron chi connectivity index (χ1n) is 14.8. The van der Waals surface area contributed by atoms with E-state index >= 15 is 0 Å². The molecule has 3 aromatic carbocycles. The molecule has 0 spiro atoms. The number of halogens is 1. The van der Waals surface area contributed by atoms with Crippen LogP contribution in [-0.4, -0.2) is 29.0 Å². The number of carboxylic acids is 1. The van der Waals surface area contributed by atoms with Gasteiger partial charge in [-0.25, -0.2) is 0 Å². The molecule has 6 heteroatoms. The number of thioether (sulfide) groups is 1. The van der Waals surface area contributed by atoms with E-state index < -0.39 is 11.6 Å². The Morgan fingerprint density at radius 1 is 1.10 bits per heavy atom. The number of carboxylic acid groups (broad SMARTS) is 1. The Labute approximate surface area is 260 Å². The third-order valence-corrected chi connectivity index (χ3v) is 10.4. The number of allylic oxidation sites excluding steroid dienone is 1. The molecule has 0 heterocycles. The number of rotatable bonds is 14. The van der Waals surface area contributed by atoms with Crippen LogP contribution in [0.5, 0.6) is 0 Å². The molecule has 0 aromatic heterocycles. The lowest BCUT2D eigenvalue weighted by atomic mass is 9.90. The van der Waals surface area contributed by atoms with Crippen molar-refractivity contribution < 1.29 is 15.0 Å². The maximum atomic E-state index is 11.5. The van der Waals surface area contributed by atoms with Crippen molar-refractivity contribution in [1.29, 1.82) is 0 Å². The Bertz CT molecular complexity index is 1410. The fraction of sp³-hybridized carbons (Fsp3) is 0.417. The molecule has 0 saturated heterocycles. The average Bonchev–Trinajstić information content (AvgIpc) is 3.71. The van der Waals surface area contributed by atoms with Crippen LogP contribution < -0.4 is 4.90 Å². The molecule has 224 valence electrons. The molecule has 1 fully saturated rings. The maximum absolute atomic E-state index is 11.5. The highest BCUT2D eigenvalue weighted by molar-refractivity contribution is 7.99. The number of benzene rings is 3. The summed E-state index contributed by atoms with van der Waals surface area (Å²) in [5, 5.41) is 21.2. The molecule has 1 aliphatic rings. The van der Waals surface area contributed by atoms with E-state index in [1.165, 1.54) is 11.1 Å². The number of carbonyl (C=O) groups is 1. The Balaban J connectivity index is 1.61. The quantitative estimate of drug-likeness (QED) is 0.192. The number of hydrogen-bond donors (Lipinski definition) is 2. The van der Waals surface area contributed by atoms with Crippen LogP contribution in [0, 0.1) is 5.41 Å². The highest BCUT2D eigenvalue weighted by Gasteiger charge is 2.44. The summed E-state index contributed by atoms with van der Waals surface area (Å²) in [6, 6.07) is 23.1. The SMILES string of the molecule is C/C=C\c1ccc(Cl)cc1N(C)C(C)c1cccc([C@@H](CCc2ccccc2C(C)(C)O)SCC2(CC(=O)O)CC2)c1. The van der Waals surface area contributed by atoms with Gasteiger partial charge in [-0.1, -0.05) is 78.4 Å². The Kier molecular flexibility index (Phi) is 10.5. The topological polar surface area (TPSA) is 60.8 Å². The van der Waals surface area contributed by atoms with Gasteiger partial charge in [-0.05, 0) is 98.7 Å². The number of aryl methyl sites for hydroxylation is 1. The summed E-state index contributed by atoms with van der Waals surface area (Å²) in [6.07, 6.45) is 8.08. The normalized spacial score (nSPS) is 15.9. The minimum atomic E-state index is -0.912. The maximum Gasteiger partial charge on any atom is 0.303 e. The molecule has 3 aromatic rings. The lowest BCUT2D eigenvalue weighted by molar-refractivity contribution is -0.138. The van der Waals surface area contributed by atoms with Crippen molar-refractivity contribution in [3.63, 3.8) is 0 Å². The summed E-state index contributed by atoms with van der Waals surface area (Å²) in [5.74, 6) is 0.132. The summed E-state index contributed by atoms with van der Waals surface area (Å²) in [4.78, 5) is 13.8. The zero-order valence-corrected chi connectivity index (χ0v) is 27.0. The summed E-state index contributed by atoms with van der Waals surface area (Å²) in [5.41, 5.74) is 5.80. The van der Waals surface area contributed by atoms with E-state index in [9.17, 15) is 15.0 Å². The number of aliphatic carboxylic acids is 1. The van der Waals surface area contributed by atoms with Crippen LogP contribution in [0.25, 0.3) is 6.08 Å². The van der Waals surface area contributed by atoms with Crippen LogP contribution in [-0.2, 0) is 16.8 Å².